The van der Waals surface area contributed by atoms with Crippen molar-refractivity contribution in [1.82, 2.24) is 20.4 Å². The van der Waals surface area contributed by atoms with Crippen LogP contribution >= 0.6 is 0 Å². The zero-order valence-corrected chi connectivity index (χ0v) is 19.2. The van der Waals surface area contributed by atoms with Crippen LogP contribution in [0.5, 0.6) is 0 Å². The molecule has 2 atom stereocenters. The molecule has 3 aromatic carbocycles. The summed E-state index contributed by atoms with van der Waals surface area (Å²) in [7, 11) is 0. The van der Waals surface area contributed by atoms with Crippen molar-refractivity contribution in [3.8, 4) is 0 Å². The number of imide groups is 1. The first-order valence-electron chi connectivity index (χ1n) is 11.6. The molecule has 0 radical (unpaired) electrons. The molecule has 0 unspecified atom stereocenters. The van der Waals surface area contributed by atoms with E-state index >= 15 is 0 Å². The molecule has 7 nitrogen and oxygen atoms in total. The summed E-state index contributed by atoms with van der Waals surface area (Å²) >= 11 is 0. The standard InChI is InChI=1S/C27H28N4O3/c1-27(22-12-11-20-9-5-6-10-21(20)15-22)25(33)31(26(34)29-27)18-24(32)28-23-13-14-30(17-23)16-19-7-3-2-4-8-19/h2-12,15,23H,13-14,16-18H2,1H3,(H,28,32)(H,29,34)/t23-,27-/m0/s1. The largest absolute Gasteiger partial charge is 0.350 e. The molecule has 0 saturated carbocycles. The second-order valence-corrected chi connectivity index (χ2v) is 9.28. The molecule has 0 aromatic heterocycles. The lowest BCUT2D eigenvalue weighted by Crippen LogP contribution is -2.46. The number of nitrogens with zero attached hydrogens (tertiary/aromatic N) is 2. The minimum absolute atomic E-state index is 0.00356. The van der Waals surface area contributed by atoms with E-state index in [0.29, 0.717) is 5.56 Å². The third kappa shape index (κ3) is 4.26. The van der Waals surface area contributed by atoms with Gasteiger partial charge in [0.05, 0.1) is 0 Å². The minimum atomic E-state index is -1.21. The molecule has 7 heteroatoms. The van der Waals surface area contributed by atoms with Gasteiger partial charge in [0.1, 0.15) is 12.1 Å². The van der Waals surface area contributed by atoms with Crippen LogP contribution in [0.3, 0.4) is 0 Å². The quantitative estimate of drug-likeness (QED) is 0.559. The van der Waals surface area contributed by atoms with Crippen LogP contribution in [-0.2, 0) is 21.7 Å². The number of hydrogen-bond donors (Lipinski definition) is 2. The van der Waals surface area contributed by atoms with E-state index in [-0.39, 0.29) is 18.5 Å². The highest BCUT2D eigenvalue weighted by molar-refractivity contribution is 6.09. The lowest BCUT2D eigenvalue weighted by molar-refractivity contribution is -0.135. The van der Waals surface area contributed by atoms with Crippen LogP contribution < -0.4 is 10.6 Å². The van der Waals surface area contributed by atoms with Crippen LogP contribution in [-0.4, -0.2) is 53.3 Å². The van der Waals surface area contributed by atoms with Crippen LogP contribution in [0.4, 0.5) is 4.79 Å². The lowest BCUT2D eigenvalue weighted by Gasteiger charge is -2.23. The Morgan fingerprint density at radius 2 is 1.76 bits per heavy atom. The topological polar surface area (TPSA) is 81.8 Å². The normalized spacial score (nSPS) is 22.9. The fourth-order valence-corrected chi connectivity index (χ4v) is 4.89. The van der Waals surface area contributed by atoms with Gasteiger partial charge in [0.25, 0.3) is 5.91 Å². The Kier molecular flexibility index (Phi) is 5.79. The molecule has 0 bridgehead atoms. The van der Waals surface area contributed by atoms with Gasteiger partial charge in [-0.2, -0.15) is 0 Å². The molecule has 2 aliphatic heterocycles. The van der Waals surface area contributed by atoms with Crippen LogP contribution in [0.25, 0.3) is 10.8 Å². The number of fused-ring (bicyclic) bond motifs is 1. The number of likely N-dealkylation sites (tertiary alicyclic amines) is 1. The van der Waals surface area contributed by atoms with E-state index in [1.54, 1.807) is 6.92 Å². The van der Waals surface area contributed by atoms with E-state index < -0.39 is 17.5 Å². The Bertz CT molecular complexity index is 1240. The Morgan fingerprint density at radius 3 is 2.56 bits per heavy atom. The highest BCUT2D eigenvalue weighted by Crippen LogP contribution is 2.31. The van der Waals surface area contributed by atoms with Gasteiger partial charge in [-0.05, 0) is 41.3 Å². The van der Waals surface area contributed by atoms with Gasteiger partial charge in [0, 0.05) is 25.7 Å². The van der Waals surface area contributed by atoms with Crippen molar-refractivity contribution < 1.29 is 14.4 Å². The summed E-state index contributed by atoms with van der Waals surface area (Å²) in [5.74, 6) is -0.738. The summed E-state index contributed by atoms with van der Waals surface area (Å²) in [6.07, 6.45) is 0.841. The number of carbonyl (C=O) groups excluding carboxylic acids is 3. The first kappa shape index (κ1) is 22.1. The molecular weight excluding hydrogens is 428 g/mol. The molecule has 2 fully saturated rings. The number of hydrogen-bond acceptors (Lipinski definition) is 4. The maximum absolute atomic E-state index is 13.3. The molecule has 4 amide bonds. The van der Waals surface area contributed by atoms with Crippen molar-refractivity contribution in [2.75, 3.05) is 19.6 Å². The molecular formula is C27H28N4O3. The van der Waals surface area contributed by atoms with E-state index in [0.717, 1.165) is 41.7 Å². The van der Waals surface area contributed by atoms with E-state index in [4.69, 9.17) is 0 Å². The van der Waals surface area contributed by atoms with Gasteiger partial charge in [-0.15, -0.1) is 0 Å². The summed E-state index contributed by atoms with van der Waals surface area (Å²) in [4.78, 5) is 42.0. The van der Waals surface area contributed by atoms with E-state index in [1.165, 1.54) is 5.56 Å². The summed E-state index contributed by atoms with van der Waals surface area (Å²) in [5, 5.41) is 7.84. The Morgan fingerprint density at radius 1 is 1.03 bits per heavy atom. The summed E-state index contributed by atoms with van der Waals surface area (Å²) in [5.41, 5.74) is 0.725. The molecule has 174 valence electrons. The molecule has 2 heterocycles. The molecule has 5 rings (SSSR count). The van der Waals surface area contributed by atoms with Crippen molar-refractivity contribution in [2.24, 2.45) is 0 Å². The maximum atomic E-state index is 13.3. The summed E-state index contributed by atoms with van der Waals surface area (Å²) in [6.45, 7) is 3.87. The second kappa shape index (κ2) is 8.91. The van der Waals surface area contributed by atoms with Gasteiger partial charge >= 0.3 is 6.03 Å². The highest BCUT2D eigenvalue weighted by Gasteiger charge is 2.49. The van der Waals surface area contributed by atoms with E-state index in [2.05, 4.69) is 27.7 Å². The molecule has 3 aromatic rings. The Balaban J connectivity index is 1.21. The van der Waals surface area contributed by atoms with Gasteiger partial charge in [-0.25, -0.2) is 4.79 Å². The first-order valence-corrected chi connectivity index (χ1v) is 11.6. The molecule has 2 aliphatic rings. The van der Waals surface area contributed by atoms with Crippen molar-refractivity contribution in [1.29, 1.82) is 0 Å². The van der Waals surface area contributed by atoms with E-state index in [9.17, 15) is 14.4 Å². The fourth-order valence-electron chi connectivity index (χ4n) is 4.89. The monoisotopic (exact) mass is 456 g/mol. The lowest BCUT2D eigenvalue weighted by atomic mass is 9.90. The van der Waals surface area contributed by atoms with Gasteiger partial charge in [0.15, 0.2) is 0 Å². The van der Waals surface area contributed by atoms with Crippen molar-refractivity contribution in [3.63, 3.8) is 0 Å². The van der Waals surface area contributed by atoms with Crippen LogP contribution in [0.15, 0.2) is 72.8 Å². The Labute approximate surface area is 198 Å². The van der Waals surface area contributed by atoms with Gasteiger partial charge in [-0.3, -0.25) is 19.4 Å². The number of amides is 4. The smallest absolute Gasteiger partial charge is 0.325 e. The number of carbonyl (C=O) groups is 3. The van der Waals surface area contributed by atoms with Gasteiger partial charge < -0.3 is 10.6 Å². The number of benzene rings is 3. The SMILES string of the molecule is C[C@@]1(c2ccc3ccccc3c2)NC(=O)N(CC(=O)N[C@H]2CCN(Cc3ccccc3)C2)C1=O. The van der Waals surface area contributed by atoms with Gasteiger partial charge in [-0.1, -0.05) is 66.7 Å². The summed E-state index contributed by atoms with van der Waals surface area (Å²) < 4.78 is 0. The highest BCUT2D eigenvalue weighted by atomic mass is 16.2. The second-order valence-electron chi connectivity index (χ2n) is 9.28. The third-order valence-corrected chi connectivity index (χ3v) is 6.79. The van der Waals surface area contributed by atoms with Crippen LogP contribution in [0, 0.1) is 0 Å². The predicted octanol–water partition coefficient (Wildman–Crippen LogP) is 3.00. The van der Waals surface area contributed by atoms with Crippen LogP contribution in [0.2, 0.25) is 0 Å². The first-order chi connectivity index (χ1) is 16.4. The van der Waals surface area contributed by atoms with Crippen molar-refractivity contribution in [3.05, 3.63) is 83.9 Å². The zero-order chi connectivity index (χ0) is 23.7. The number of urea groups is 1. The van der Waals surface area contributed by atoms with Crippen molar-refractivity contribution >= 4 is 28.6 Å². The molecule has 0 spiro atoms. The fraction of sp³-hybridized carbons (Fsp3) is 0.296. The maximum Gasteiger partial charge on any atom is 0.325 e. The minimum Gasteiger partial charge on any atom is -0.350 e. The van der Waals surface area contributed by atoms with Crippen LogP contribution in [0.1, 0.15) is 24.5 Å². The molecule has 0 aliphatic carbocycles. The predicted molar refractivity (Wildman–Crippen MR) is 130 cm³/mol. The van der Waals surface area contributed by atoms with E-state index in [1.807, 2.05) is 60.7 Å². The molecule has 2 saturated heterocycles. The zero-order valence-electron chi connectivity index (χ0n) is 19.2. The number of nitrogens with one attached hydrogen (secondary N) is 2. The molecule has 2 N–H and O–H groups in total. The van der Waals surface area contributed by atoms with Crippen molar-refractivity contribution in [2.45, 2.75) is 31.5 Å². The van der Waals surface area contributed by atoms with Gasteiger partial charge in [0.2, 0.25) is 5.91 Å². The third-order valence-electron chi connectivity index (χ3n) is 6.79. The summed E-state index contributed by atoms with van der Waals surface area (Å²) in [6, 6.07) is 23.2. The Hall–Kier alpha value is -3.71. The number of rotatable bonds is 6. The molecule has 34 heavy (non-hydrogen) atoms. The average Bonchev–Trinajstić information content (AvgIpc) is 3.36. The average molecular weight is 457 g/mol.